The summed E-state index contributed by atoms with van der Waals surface area (Å²) in [5.41, 5.74) is 1.15. The molecule has 0 aliphatic rings. The van der Waals surface area contributed by atoms with Crippen LogP contribution in [-0.2, 0) is 0 Å². The number of halogens is 2. The standard InChI is InChI=1S/C4H6Cl2O/c1-3(7)4(6)2-5/h2-3,7H,1H3. The molecule has 0 heterocycles. The van der Waals surface area contributed by atoms with Crippen LogP contribution < -0.4 is 0 Å². The Hall–Kier alpha value is 0.280. The van der Waals surface area contributed by atoms with E-state index in [1.54, 1.807) is 6.92 Å². The zero-order chi connectivity index (χ0) is 5.86. The minimum absolute atomic E-state index is 0.265. The Morgan fingerprint density at radius 1 is 1.86 bits per heavy atom. The van der Waals surface area contributed by atoms with Crippen LogP contribution in [0.3, 0.4) is 0 Å². The molecule has 0 fully saturated rings. The van der Waals surface area contributed by atoms with Gasteiger partial charge in [0, 0.05) is 5.54 Å². The van der Waals surface area contributed by atoms with Crippen molar-refractivity contribution < 1.29 is 5.11 Å². The number of hydrogen-bond donors (Lipinski definition) is 1. The minimum Gasteiger partial charge on any atom is -0.388 e. The molecule has 0 saturated heterocycles. The van der Waals surface area contributed by atoms with E-state index in [0.717, 1.165) is 5.54 Å². The van der Waals surface area contributed by atoms with Crippen molar-refractivity contribution in [2.45, 2.75) is 13.0 Å². The van der Waals surface area contributed by atoms with Gasteiger partial charge in [-0.2, -0.15) is 0 Å². The third-order valence-electron chi connectivity index (χ3n) is 0.503. The summed E-state index contributed by atoms with van der Waals surface area (Å²) in [4.78, 5) is 0. The first-order chi connectivity index (χ1) is 3.18. The SMILES string of the molecule is CC(O)C(Cl)=CCl. The van der Waals surface area contributed by atoms with Crippen LogP contribution in [0.15, 0.2) is 10.6 Å². The molecule has 0 saturated carbocycles. The average molecular weight is 141 g/mol. The van der Waals surface area contributed by atoms with E-state index in [9.17, 15) is 0 Å². The summed E-state index contributed by atoms with van der Waals surface area (Å²) in [6, 6.07) is 0. The van der Waals surface area contributed by atoms with E-state index < -0.39 is 6.10 Å². The van der Waals surface area contributed by atoms with Gasteiger partial charge in [0.05, 0.1) is 11.1 Å². The summed E-state index contributed by atoms with van der Waals surface area (Å²) in [5, 5.41) is 8.80. The largest absolute Gasteiger partial charge is 0.388 e. The lowest BCUT2D eigenvalue weighted by atomic mass is 10.4. The van der Waals surface area contributed by atoms with E-state index >= 15 is 0 Å². The van der Waals surface area contributed by atoms with Gasteiger partial charge in [0.1, 0.15) is 0 Å². The number of aliphatic hydroxyl groups is 1. The molecule has 0 aliphatic carbocycles. The molecule has 0 aromatic heterocycles. The molecule has 0 aromatic rings. The number of rotatable bonds is 1. The van der Waals surface area contributed by atoms with E-state index in [-0.39, 0.29) is 5.03 Å². The van der Waals surface area contributed by atoms with Crippen LogP contribution >= 0.6 is 23.2 Å². The highest BCUT2D eigenvalue weighted by molar-refractivity contribution is 6.36. The number of aliphatic hydroxyl groups excluding tert-OH is 1. The smallest absolute Gasteiger partial charge is 0.0876 e. The highest BCUT2D eigenvalue weighted by atomic mass is 35.5. The fraction of sp³-hybridized carbons (Fsp3) is 0.500. The Morgan fingerprint density at radius 3 is 2.29 bits per heavy atom. The van der Waals surface area contributed by atoms with Crippen molar-refractivity contribution in [1.82, 2.24) is 0 Å². The van der Waals surface area contributed by atoms with E-state index in [1.807, 2.05) is 0 Å². The second-order valence-corrected chi connectivity index (χ2v) is 1.82. The Labute approximate surface area is 52.5 Å². The molecule has 1 nitrogen and oxygen atoms in total. The van der Waals surface area contributed by atoms with Crippen molar-refractivity contribution in [2.24, 2.45) is 0 Å². The highest BCUT2D eigenvalue weighted by Crippen LogP contribution is 2.07. The van der Waals surface area contributed by atoms with Gasteiger partial charge in [0.15, 0.2) is 0 Å². The molecular weight excluding hydrogens is 135 g/mol. The Balaban J connectivity index is 3.56. The summed E-state index contributed by atoms with van der Waals surface area (Å²) in [7, 11) is 0. The molecule has 1 N–H and O–H groups in total. The molecule has 0 aliphatic heterocycles. The third-order valence-corrected chi connectivity index (χ3v) is 1.28. The molecule has 0 aromatic carbocycles. The van der Waals surface area contributed by atoms with Crippen LogP contribution in [0, 0.1) is 0 Å². The molecule has 42 valence electrons. The second kappa shape index (κ2) is 3.30. The lowest BCUT2D eigenvalue weighted by molar-refractivity contribution is 0.240. The molecule has 0 spiro atoms. The maximum absolute atomic E-state index is 8.54. The van der Waals surface area contributed by atoms with Crippen molar-refractivity contribution >= 4 is 23.2 Å². The zero-order valence-electron chi connectivity index (χ0n) is 3.86. The summed E-state index contributed by atoms with van der Waals surface area (Å²) in [6.07, 6.45) is -0.640. The summed E-state index contributed by atoms with van der Waals surface area (Å²) in [6.45, 7) is 1.54. The normalized spacial score (nSPS) is 16.9. The van der Waals surface area contributed by atoms with Crippen LogP contribution in [0.5, 0.6) is 0 Å². The third kappa shape index (κ3) is 2.92. The Bertz CT molecular complexity index is 77.8. The quantitative estimate of drug-likeness (QED) is 0.588. The second-order valence-electron chi connectivity index (χ2n) is 1.17. The van der Waals surface area contributed by atoms with Crippen molar-refractivity contribution in [3.8, 4) is 0 Å². The lowest BCUT2D eigenvalue weighted by Gasteiger charge is -1.95. The van der Waals surface area contributed by atoms with Gasteiger partial charge in [-0.1, -0.05) is 23.2 Å². The van der Waals surface area contributed by atoms with E-state index in [0.29, 0.717) is 0 Å². The summed E-state index contributed by atoms with van der Waals surface area (Å²) in [5.74, 6) is 0. The Morgan fingerprint density at radius 2 is 2.29 bits per heavy atom. The molecule has 7 heavy (non-hydrogen) atoms. The first kappa shape index (κ1) is 7.28. The first-order valence-electron chi connectivity index (χ1n) is 1.82. The van der Waals surface area contributed by atoms with Crippen molar-refractivity contribution in [3.05, 3.63) is 10.6 Å². The highest BCUT2D eigenvalue weighted by Gasteiger charge is 1.96. The van der Waals surface area contributed by atoms with Gasteiger partial charge < -0.3 is 5.11 Å². The van der Waals surface area contributed by atoms with Crippen LogP contribution in [0.25, 0.3) is 0 Å². The minimum atomic E-state index is -0.640. The molecule has 0 bridgehead atoms. The Kier molecular flexibility index (Phi) is 3.44. The predicted molar refractivity (Wildman–Crippen MR) is 31.5 cm³/mol. The lowest BCUT2D eigenvalue weighted by Crippen LogP contribution is -1.96. The van der Waals surface area contributed by atoms with Gasteiger partial charge in [0.2, 0.25) is 0 Å². The van der Waals surface area contributed by atoms with Gasteiger partial charge in [-0.05, 0) is 6.92 Å². The van der Waals surface area contributed by atoms with E-state index in [1.165, 1.54) is 0 Å². The zero-order valence-corrected chi connectivity index (χ0v) is 5.37. The average Bonchev–Trinajstić information content (AvgIpc) is 1.65. The van der Waals surface area contributed by atoms with Crippen molar-refractivity contribution in [2.75, 3.05) is 0 Å². The molecular formula is C4H6Cl2O. The molecule has 1 unspecified atom stereocenters. The first-order valence-corrected chi connectivity index (χ1v) is 2.63. The van der Waals surface area contributed by atoms with E-state index in [2.05, 4.69) is 0 Å². The molecule has 1 atom stereocenters. The van der Waals surface area contributed by atoms with Crippen LogP contribution in [0.1, 0.15) is 6.92 Å². The molecule has 0 amide bonds. The van der Waals surface area contributed by atoms with Gasteiger partial charge in [0.25, 0.3) is 0 Å². The van der Waals surface area contributed by atoms with Gasteiger partial charge >= 0.3 is 0 Å². The maximum atomic E-state index is 8.54. The fourth-order valence-corrected chi connectivity index (χ4v) is 0.273. The molecule has 3 heteroatoms. The number of hydrogen-bond acceptors (Lipinski definition) is 1. The van der Waals surface area contributed by atoms with Crippen LogP contribution in [0.2, 0.25) is 0 Å². The van der Waals surface area contributed by atoms with Crippen LogP contribution in [-0.4, -0.2) is 11.2 Å². The molecule has 0 rings (SSSR count). The maximum Gasteiger partial charge on any atom is 0.0876 e. The van der Waals surface area contributed by atoms with Gasteiger partial charge in [-0.15, -0.1) is 0 Å². The summed E-state index contributed by atoms with van der Waals surface area (Å²) < 4.78 is 0. The fourth-order valence-electron chi connectivity index (χ4n) is 0.0912. The monoisotopic (exact) mass is 140 g/mol. The van der Waals surface area contributed by atoms with Gasteiger partial charge in [-0.3, -0.25) is 0 Å². The predicted octanol–water partition coefficient (Wildman–Crippen LogP) is 1.69. The van der Waals surface area contributed by atoms with E-state index in [4.69, 9.17) is 28.3 Å². The summed E-state index contributed by atoms with van der Waals surface area (Å²) >= 11 is 10.4. The van der Waals surface area contributed by atoms with Crippen molar-refractivity contribution in [1.29, 1.82) is 0 Å². The van der Waals surface area contributed by atoms with Crippen LogP contribution in [0.4, 0.5) is 0 Å². The van der Waals surface area contributed by atoms with Crippen molar-refractivity contribution in [3.63, 3.8) is 0 Å². The molecule has 0 radical (unpaired) electrons. The van der Waals surface area contributed by atoms with Gasteiger partial charge in [-0.25, -0.2) is 0 Å². The topological polar surface area (TPSA) is 20.2 Å².